The Morgan fingerprint density at radius 2 is 2.27 bits per heavy atom. The maximum atomic E-state index is 10.3. The molecule has 0 aliphatic rings. The van der Waals surface area contributed by atoms with Crippen LogP contribution in [0.1, 0.15) is 12.5 Å². The van der Waals surface area contributed by atoms with Crippen LogP contribution in [0.4, 0.5) is 0 Å². The summed E-state index contributed by atoms with van der Waals surface area (Å²) in [5.41, 5.74) is 0.967. The third-order valence-electron chi connectivity index (χ3n) is 1.81. The van der Waals surface area contributed by atoms with Gasteiger partial charge in [-0.1, -0.05) is 6.92 Å². The summed E-state index contributed by atoms with van der Waals surface area (Å²) in [5, 5.41) is 8.48. The molecule has 1 N–H and O–H groups in total. The fourth-order valence-corrected chi connectivity index (χ4v) is 1.94. The first-order valence-corrected chi connectivity index (χ1v) is 5.70. The van der Waals surface area contributed by atoms with Crippen LogP contribution in [0.5, 0.6) is 5.75 Å². The topological polar surface area (TPSA) is 46.5 Å². The molecular formula is C11H14O3S. The van der Waals surface area contributed by atoms with Gasteiger partial charge >= 0.3 is 5.97 Å². The SMILES string of the molecule is CCSc1ccc(OCC(=O)O)c(C)c1. The standard InChI is InChI=1S/C11H14O3S/c1-3-15-9-4-5-10(8(2)6-9)14-7-11(12)13/h4-6H,3,7H2,1-2H3,(H,12,13). The first kappa shape index (κ1) is 11.9. The van der Waals surface area contributed by atoms with E-state index in [2.05, 4.69) is 6.92 Å². The highest BCUT2D eigenvalue weighted by Crippen LogP contribution is 2.25. The van der Waals surface area contributed by atoms with Crippen molar-refractivity contribution in [3.05, 3.63) is 23.8 Å². The third kappa shape index (κ3) is 3.83. The zero-order valence-corrected chi connectivity index (χ0v) is 9.63. The summed E-state index contributed by atoms with van der Waals surface area (Å²) in [6, 6.07) is 5.76. The Morgan fingerprint density at radius 3 is 2.80 bits per heavy atom. The molecule has 0 spiro atoms. The first-order valence-electron chi connectivity index (χ1n) is 4.71. The minimum Gasteiger partial charge on any atom is -0.482 e. The van der Waals surface area contributed by atoms with Crippen molar-refractivity contribution in [1.82, 2.24) is 0 Å². The number of thioether (sulfide) groups is 1. The Hall–Kier alpha value is -1.16. The second kappa shape index (κ2) is 5.66. The van der Waals surface area contributed by atoms with Crippen molar-refractivity contribution in [2.45, 2.75) is 18.7 Å². The summed E-state index contributed by atoms with van der Waals surface area (Å²) in [6.07, 6.45) is 0. The number of carboxylic acid groups (broad SMARTS) is 1. The lowest BCUT2D eigenvalue weighted by molar-refractivity contribution is -0.139. The van der Waals surface area contributed by atoms with Crippen LogP contribution < -0.4 is 4.74 Å². The molecule has 15 heavy (non-hydrogen) atoms. The molecule has 0 aliphatic carbocycles. The van der Waals surface area contributed by atoms with Gasteiger partial charge in [0.05, 0.1) is 0 Å². The number of carboxylic acids is 1. The van der Waals surface area contributed by atoms with Crippen LogP contribution in [-0.4, -0.2) is 23.4 Å². The molecule has 0 saturated heterocycles. The molecule has 82 valence electrons. The molecule has 4 heteroatoms. The lowest BCUT2D eigenvalue weighted by Gasteiger charge is -2.08. The maximum Gasteiger partial charge on any atom is 0.341 e. The quantitative estimate of drug-likeness (QED) is 0.784. The molecule has 1 aromatic rings. The van der Waals surface area contributed by atoms with Crippen molar-refractivity contribution in [3.8, 4) is 5.75 Å². The van der Waals surface area contributed by atoms with E-state index in [9.17, 15) is 4.79 Å². The van der Waals surface area contributed by atoms with Crippen LogP contribution in [0.25, 0.3) is 0 Å². The summed E-state index contributed by atoms with van der Waals surface area (Å²) in [5.74, 6) is 0.702. The van der Waals surface area contributed by atoms with Gasteiger partial charge in [-0.05, 0) is 36.4 Å². The Labute approximate surface area is 93.4 Å². The largest absolute Gasteiger partial charge is 0.482 e. The Kier molecular flexibility index (Phi) is 4.49. The fraction of sp³-hybridized carbons (Fsp3) is 0.364. The number of benzene rings is 1. The number of aliphatic carboxylic acids is 1. The molecule has 0 radical (unpaired) electrons. The van der Waals surface area contributed by atoms with Gasteiger partial charge in [-0.15, -0.1) is 11.8 Å². The number of hydrogen-bond acceptors (Lipinski definition) is 3. The van der Waals surface area contributed by atoms with Crippen LogP contribution in [0.15, 0.2) is 23.1 Å². The van der Waals surface area contributed by atoms with E-state index in [1.54, 1.807) is 11.8 Å². The summed E-state index contributed by atoms with van der Waals surface area (Å²) >= 11 is 1.75. The predicted molar refractivity (Wildman–Crippen MR) is 60.7 cm³/mol. The molecule has 0 bridgehead atoms. The molecule has 0 atom stereocenters. The molecule has 0 saturated carbocycles. The summed E-state index contributed by atoms with van der Waals surface area (Å²) in [7, 11) is 0. The van der Waals surface area contributed by atoms with Crippen LogP contribution in [0.2, 0.25) is 0 Å². The molecule has 0 aromatic heterocycles. The van der Waals surface area contributed by atoms with E-state index < -0.39 is 5.97 Å². The second-order valence-corrected chi connectivity index (χ2v) is 4.38. The Morgan fingerprint density at radius 1 is 1.53 bits per heavy atom. The van der Waals surface area contributed by atoms with Gasteiger partial charge in [0, 0.05) is 4.90 Å². The van der Waals surface area contributed by atoms with E-state index in [0.717, 1.165) is 11.3 Å². The molecule has 1 aromatic carbocycles. The molecule has 0 unspecified atom stereocenters. The monoisotopic (exact) mass is 226 g/mol. The van der Waals surface area contributed by atoms with Crippen LogP contribution in [0.3, 0.4) is 0 Å². The zero-order chi connectivity index (χ0) is 11.3. The van der Waals surface area contributed by atoms with Gasteiger partial charge in [0.25, 0.3) is 0 Å². The fourth-order valence-electron chi connectivity index (χ4n) is 1.18. The highest BCUT2D eigenvalue weighted by molar-refractivity contribution is 7.99. The van der Waals surface area contributed by atoms with E-state index in [4.69, 9.17) is 9.84 Å². The van der Waals surface area contributed by atoms with E-state index in [1.165, 1.54) is 4.90 Å². The molecule has 0 fully saturated rings. The van der Waals surface area contributed by atoms with Crippen molar-refractivity contribution in [2.24, 2.45) is 0 Å². The van der Waals surface area contributed by atoms with Gasteiger partial charge in [0.1, 0.15) is 5.75 Å². The first-order chi connectivity index (χ1) is 7.13. The zero-order valence-electron chi connectivity index (χ0n) is 8.82. The van der Waals surface area contributed by atoms with Gasteiger partial charge in [-0.2, -0.15) is 0 Å². The van der Waals surface area contributed by atoms with Crippen molar-refractivity contribution >= 4 is 17.7 Å². The lowest BCUT2D eigenvalue weighted by atomic mass is 10.2. The van der Waals surface area contributed by atoms with Gasteiger partial charge < -0.3 is 9.84 Å². The predicted octanol–water partition coefficient (Wildman–Crippen LogP) is 2.57. The summed E-state index contributed by atoms with van der Waals surface area (Å²) in [6.45, 7) is 3.72. The van der Waals surface area contributed by atoms with E-state index in [0.29, 0.717) is 5.75 Å². The van der Waals surface area contributed by atoms with Crippen LogP contribution in [-0.2, 0) is 4.79 Å². The number of hydrogen-bond donors (Lipinski definition) is 1. The van der Waals surface area contributed by atoms with Crippen molar-refractivity contribution in [3.63, 3.8) is 0 Å². The average molecular weight is 226 g/mol. The van der Waals surface area contributed by atoms with Crippen LogP contribution >= 0.6 is 11.8 Å². The Bertz CT molecular complexity index is 350. The normalized spacial score (nSPS) is 10.0. The smallest absolute Gasteiger partial charge is 0.341 e. The minimum atomic E-state index is -0.957. The van der Waals surface area contributed by atoms with E-state index in [-0.39, 0.29) is 6.61 Å². The summed E-state index contributed by atoms with van der Waals surface area (Å²) in [4.78, 5) is 11.5. The minimum absolute atomic E-state index is 0.291. The lowest BCUT2D eigenvalue weighted by Crippen LogP contribution is -2.09. The van der Waals surface area contributed by atoms with E-state index in [1.807, 2.05) is 25.1 Å². The van der Waals surface area contributed by atoms with Crippen LogP contribution in [0, 0.1) is 6.92 Å². The average Bonchev–Trinajstić information content (AvgIpc) is 2.17. The molecule has 0 aliphatic heterocycles. The number of carbonyl (C=O) groups is 1. The maximum absolute atomic E-state index is 10.3. The highest BCUT2D eigenvalue weighted by atomic mass is 32.2. The van der Waals surface area contributed by atoms with Gasteiger partial charge in [0.2, 0.25) is 0 Å². The molecule has 3 nitrogen and oxygen atoms in total. The van der Waals surface area contributed by atoms with Gasteiger partial charge in [0.15, 0.2) is 6.61 Å². The van der Waals surface area contributed by atoms with Gasteiger partial charge in [-0.3, -0.25) is 0 Å². The molecule has 1 rings (SSSR count). The van der Waals surface area contributed by atoms with Crippen molar-refractivity contribution in [2.75, 3.05) is 12.4 Å². The van der Waals surface area contributed by atoms with Crippen molar-refractivity contribution in [1.29, 1.82) is 0 Å². The summed E-state index contributed by atoms with van der Waals surface area (Å²) < 4.78 is 5.12. The van der Waals surface area contributed by atoms with E-state index >= 15 is 0 Å². The highest BCUT2D eigenvalue weighted by Gasteiger charge is 2.03. The number of rotatable bonds is 5. The van der Waals surface area contributed by atoms with Gasteiger partial charge in [-0.25, -0.2) is 4.79 Å². The number of aryl methyl sites for hydroxylation is 1. The van der Waals surface area contributed by atoms with Crippen molar-refractivity contribution < 1.29 is 14.6 Å². The molecule has 0 heterocycles. The molecule has 0 amide bonds. The second-order valence-electron chi connectivity index (χ2n) is 3.04. The Balaban J connectivity index is 2.70. The molecular weight excluding hydrogens is 212 g/mol. The third-order valence-corrected chi connectivity index (χ3v) is 2.68. The number of ether oxygens (including phenoxy) is 1.